The van der Waals surface area contributed by atoms with Gasteiger partial charge in [0.25, 0.3) is 11.4 Å². The summed E-state index contributed by atoms with van der Waals surface area (Å²) in [6, 6.07) is 16.3. The van der Waals surface area contributed by atoms with Crippen molar-refractivity contribution in [2.45, 2.75) is 0 Å². The molecule has 0 fully saturated rings. The van der Waals surface area contributed by atoms with Gasteiger partial charge in [-0.15, -0.1) is 0 Å². The summed E-state index contributed by atoms with van der Waals surface area (Å²) in [5.41, 5.74) is -0.910. The third-order valence-electron chi connectivity index (χ3n) is 4.95. The molecule has 0 aliphatic heterocycles. The van der Waals surface area contributed by atoms with Crippen LogP contribution in [0.3, 0.4) is 0 Å². The summed E-state index contributed by atoms with van der Waals surface area (Å²) in [7, 11) is -7.17. The number of allylic oxidation sites excluding steroid dienone is 7. The number of hydrogen-bond donors (Lipinski definition) is 3. The molecule has 3 N–H and O–H groups in total. The van der Waals surface area contributed by atoms with Crippen molar-refractivity contribution in [3.63, 3.8) is 0 Å². The molecule has 0 atom stereocenters. The Kier molecular flexibility index (Phi) is 10.1. The van der Waals surface area contributed by atoms with Crippen LogP contribution in [0.15, 0.2) is 77.1 Å². The quantitative estimate of drug-likeness (QED) is 0.171. The van der Waals surface area contributed by atoms with Gasteiger partial charge in [0, 0.05) is 28.1 Å². The van der Waals surface area contributed by atoms with Crippen LogP contribution in [0, 0.1) is 52.5 Å². The van der Waals surface area contributed by atoms with Crippen LogP contribution < -0.4 is 9.44 Å². The summed E-state index contributed by atoms with van der Waals surface area (Å²) in [6.07, 6.45) is 3.01. The van der Waals surface area contributed by atoms with Crippen molar-refractivity contribution in [2.24, 2.45) is 0 Å². The second-order valence-electron chi connectivity index (χ2n) is 8.01. The van der Waals surface area contributed by atoms with Crippen LogP contribution in [0.1, 0.15) is 11.1 Å². The fourth-order valence-electron chi connectivity index (χ4n) is 3.43. The van der Waals surface area contributed by atoms with E-state index in [0.717, 1.165) is 18.6 Å². The maximum absolute atomic E-state index is 11.5. The molecule has 0 radical (unpaired) electrons. The van der Waals surface area contributed by atoms with E-state index in [4.69, 9.17) is 18.6 Å². The number of hydrogen-bond acceptors (Lipinski definition) is 8. The molecular weight excluding hydrogens is 564 g/mol. The highest BCUT2D eigenvalue weighted by Gasteiger charge is 2.19. The lowest BCUT2D eigenvalue weighted by Gasteiger charge is -2.12. The van der Waals surface area contributed by atoms with E-state index in [1.165, 1.54) is 48.5 Å². The van der Waals surface area contributed by atoms with Gasteiger partial charge in [-0.2, -0.15) is 5.26 Å². The van der Waals surface area contributed by atoms with Crippen molar-refractivity contribution >= 4 is 48.4 Å². The standard InChI is InChI=1S/C27H18N8O4S2/c1-32-24(16-30)26(18-5-9-22(10-6-18)34-40(3,36)37)20(14-28)13-21(15-29)27(25(17-31)33-2)19-7-11-23(12-8-19)35-41(4,38)39/h5-13,28,34-35H,3-4H3/b21-13+,26-24+,27-25-. The molecule has 0 amide bonds. The second kappa shape index (κ2) is 13.2. The van der Waals surface area contributed by atoms with Gasteiger partial charge in [0.15, 0.2) is 0 Å². The molecule has 2 rings (SSSR count). The molecule has 2 aromatic carbocycles. The van der Waals surface area contributed by atoms with Gasteiger partial charge in [0.1, 0.15) is 0 Å². The fraction of sp³-hybridized carbons (Fsp3) is 0.0741. The Balaban J connectivity index is 2.79. The van der Waals surface area contributed by atoms with Crippen molar-refractivity contribution in [1.29, 1.82) is 21.2 Å². The highest BCUT2D eigenvalue weighted by molar-refractivity contribution is 7.92. The average Bonchev–Trinajstić information content (AvgIpc) is 2.91. The van der Waals surface area contributed by atoms with Gasteiger partial charge in [-0.1, -0.05) is 24.3 Å². The predicted molar refractivity (Wildman–Crippen MR) is 153 cm³/mol. The first-order valence-corrected chi connectivity index (χ1v) is 14.7. The highest BCUT2D eigenvalue weighted by Crippen LogP contribution is 2.33. The maximum atomic E-state index is 11.5. The first-order chi connectivity index (χ1) is 19.3. The van der Waals surface area contributed by atoms with E-state index in [0.29, 0.717) is 0 Å². The molecule has 0 bridgehead atoms. The number of anilines is 2. The topological polar surface area (TPSA) is 196 Å². The Hall–Kier alpha value is -5.94. The summed E-state index contributed by atoms with van der Waals surface area (Å²) >= 11 is 0. The molecule has 0 unspecified atom stereocenters. The first-order valence-electron chi connectivity index (χ1n) is 10.9. The molecule has 41 heavy (non-hydrogen) atoms. The molecule has 14 heteroatoms. The molecule has 0 heterocycles. The molecule has 0 aromatic heterocycles. The number of rotatable bonds is 9. The minimum atomic E-state index is -3.59. The van der Waals surface area contributed by atoms with Crippen LogP contribution in [0.4, 0.5) is 11.4 Å². The molecule has 0 saturated carbocycles. The molecule has 0 saturated heterocycles. The fourth-order valence-corrected chi connectivity index (χ4v) is 4.56. The van der Waals surface area contributed by atoms with Gasteiger partial charge in [0.2, 0.25) is 20.0 Å². The number of nitriles is 3. The van der Waals surface area contributed by atoms with E-state index >= 15 is 0 Å². The number of benzene rings is 2. The average molecular weight is 583 g/mol. The lowest BCUT2D eigenvalue weighted by Crippen LogP contribution is -2.09. The Bertz CT molecular complexity index is 1930. The van der Waals surface area contributed by atoms with Crippen LogP contribution in [0.2, 0.25) is 0 Å². The number of nitrogens with zero attached hydrogens (tertiary/aromatic N) is 5. The Morgan fingerprint density at radius 1 is 0.756 bits per heavy atom. The minimum Gasteiger partial charge on any atom is -0.284 e. The zero-order valence-electron chi connectivity index (χ0n) is 21.4. The van der Waals surface area contributed by atoms with Gasteiger partial charge in [-0.05, 0) is 47.3 Å². The van der Waals surface area contributed by atoms with Crippen molar-refractivity contribution in [3.8, 4) is 18.2 Å². The van der Waals surface area contributed by atoms with Crippen LogP contribution in [0.25, 0.3) is 20.8 Å². The summed E-state index contributed by atoms with van der Waals surface area (Å²) in [5.74, 6) is 2.10. The lowest BCUT2D eigenvalue weighted by atomic mass is 9.91. The van der Waals surface area contributed by atoms with Gasteiger partial charge in [-0.3, -0.25) is 14.9 Å². The van der Waals surface area contributed by atoms with Gasteiger partial charge in [-0.25, -0.2) is 37.0 Å². The van der Waals surface area contributed by atoms with Crippen LogP contribution in [-0.2, 0) is 20.0 Å². The summed E-state index contributed by atoms with van der Waals surface area (Å²) in [4.78, 5) is 6.40. The Morgan fingerprint density at radius 2 is 1.15 bits per heavy atom. The third kappa shape index (κ3) is 8.53. The lowest BCUT2D eigenvalue weighted by molar-refractivity contribution is 0.605. The zero-order valence-corrected chi connectivity index (χ0v) is 23.0. The van der Waals surface area contributed by atoms with E-state index < -0.39 is 31.4 Å². The SMILES string of the molecule is [C-]#[N+]/C(C#N)=C(\C(C#N)=C\C(=C=N)/C(=C(\C#N)[N+]#[C-])c1ccc(NS(C)(=O)=O)cc1)c1ccc(NS(C)(=O)=O)cc1. The van der Waals surface area contributed by atoms with E-state index in [2.05, 4.69) is 25.0 Å². The van der Waals surface area contributed by atoms with Crippen molar-refractivity contribution in [2.75, 3.05) is 22.0 Å². The van der Waals surface area contributed by atoms with E-state index in [1.54, 1.807) is 12.1 Å². The Labute approximate surface area is 237 Å². The predicted octanol–water partition coefficient (Wildman–Crippen LogP) is 4.06. The van der Waals surface area contributed by atoms with E-state index in [-0.39, 0.29) is 44.8 Å². The van der Waals surface area contributed by atoms with E-state index in [1.807, 2.05) is 6.07 Å². The summed E-state index contributed by atoms with van der Waals surface area (Å²) < 4.78 is 50.7. The number of nitrogens with one attached hydrogen (secondary N) is 3. The van der Waals surface area contributed by atoms with Crippen LogP contribution in [0.5, 0.6) is 0 Å². The molecule has 202 valence electrons. The minimum absolute atomic E-state index is 0.107. The highest BCUT2D eigenvalue weighted by atomic mass is 32.2. The largest absolute Gasteiger partial charge is 0.284 e. The third-order valence-corrected chi connectivity index (χ3v) is 6.16. The summed E-state index contributed by atoms with van der Waals surface area (Å²) in [5, 5.41) is 37.1. The smallest absolute Gasteiger partial charge is 0.270 e. The first kappa shape index (κ1) is 31.3. The maximum Gasteiger partial charge on any atom is 0.270 e. The molecule has 2 aromatic rings. The van der Waals surface area contributed by atoms with Crippen LogP contribution in [-0.4, -0.2) is 35.2 Å². The molecule has 0 aliphatic carbocycles. The van der Waals surface area contributed by atoms with Gasteiger partial charge in [0.05, 0.1) is 49.4 Å². The van der Waals surface area contributed by atoms with Gasteiger partial charge < -0.3 is 0 Å². The van der Waals surface area contributed by atoms with Crippen molar-refractivity contribution in [3.05, 3.63) is 111 Å². The molecular formula is C27H18N8O4S2. The van der Waals surface area contributed by atoms with Crippen molar-refractivity contribution < 1.29 is 16.8 Å². The van der Waals surface area contributed by atoms with Gasteiger partial charge >= 0.3 is 0 Å². The normalized spacial score (nSPS) is 12.4. The molecule has 0 aliphatic rings. The Morgan fingerprint density at radius 3 is 1.46 bits per heavy atom. The molecule has 12 nitrogen and oxygen atoms in total. The van der Waals surface area contributed by atoms with Crippen LogP contribution >= 0.6 is 0 Å². The second-order valence-corrected chi connectivity index (χ2v) is 11.5. The van der Waals surface area contributed by atoms with E-state index in [9.17, 15) is 32.6 Å². The molecule has 0 spiro atoms. The zero-order chi connectivity index (χ0) is 30.8. The monoisotopic (exact) mass is 582 g/mol. The summed E-state index contributed by atoms with van der Waals surface area (Å²) in [6.45, 7) is 14.9. The number of sulfonamides is 2. The van der Waals surface area contributed by atoms with Crippen molar-refractivity contribution in [1.82, 2.24) is 0 Å².